The highest BCUT2D eigenvalue weighted by Crippen LogP contribution is 2.27. The molecule has 0 N–H and O–H groups in total. The molecule has 9 heavy (non-hydrogen) atoms. The number of nitrogens with zero attached hydrogens (tertiary/aromatic N) is 1. The lowest BCUT2D eigenvalue weighted by Crippen LogP contribution is -2.29. The summed E-state index contributed by atoms with van der Waals surface area (Å²) in [6.07, 6.45) is 0. The van der Waals surface area contributed by atoms with E-state index in [0.29, 0.717) is 0 Å². The molecule has 5 heteroatoms. The molecule has 0 amide bonds. The van der Waals surface area contributed by atoms with E-state index in [-0.39, 0.29) is 5.88 Å². The minimum absolute atomic E-state index is 0.0806. The fourth-order valence-electron chi connectivity index (χ4n) is 0.137. The molecule has 0 unspecified atom stereocenters. The molecule has 0 radical (unpaired) electrons. The summed E-state index contributed by atoms with van der Waals surface area (Å²) in [6.45, 7) is 0. The van der Waals surface area contributed by atoms with Crippen LogP contribution in [0.1, 0.15) is 0 Å². The molecule has 0 saturated heterocycles. The van der Waals surface area contributed by atoms with Crippen molar-refractivity contribution < 1.29 is 0 Å². The summed E-state index contributed by atoms with van der Waals surface area (Å²) >= 11 is 21.4. The van der Waals surface area contributed by atoms with Crippen molar-refractivity contribution >= 4 is 46.4 Å². The van der Waals surface area contributed by atoms with Gasteiger partial charge in [-0.15, -0.1) is 34.8 Å². The highest BCUT2D eigenvalue weighted by atomic mass is 35.5. The number of alkyl halides is 4. The first-order valence-electron chi connectivity index (χ1n) is 2.01. The van der Waals surface area contributed by atoms with E-state index in [1.165, 1.54) is 0 Å². The van der Waals surface area contributed by atoms with Crippen LogP contribution in [0.5, 0.6) is 0 Å². The standard InChI is InChI=1S/C4H3Cl4N/c5-1-4(8,2-9)3(6)7/h3H,1H2/t4-/m0/s1. The second kappa shape index (κ2) is 3.73. The lowest BCUT2D eigenvalue weighted by Gasteiger charge is -2.15. The van der Waals surface area contributed by atoms with E-state index in [1.807, 2.05) is 0 Å². The monoisotopic (exact) mass is 205 g/mol. The van der Waals surface area contributed by atoms with Crippen molar-refractivity contribution in [2.24, 2.45) is 0 Å². The second-order valence-electron chi connectivity index (χ2n) is 1.41. The summed E-state index contributed by atoms with van der Waals surface area (Å²) in [5, 5.41) is 8.32. The predicted octanol–water partition coefficient (Wildman–Crippen LogP) is 2.53. The molecule has 1 atom stereocenters. The fourth-order valence-corrected chi connectivity index (χ4v) is 0.761. The Hall–Kier alpha value is 0.650. The Morgan fingerprint density at radius 1 is 1.56 bits per heavy atom. The van der Waals surface area contributed by atoms with Gasteiger partial charge in [0, 0.05) is 0 Å². The molecule has 0 aromatic heterocycles. The molecular formula is C4H3Cl4N. The van der Waals surface area contributed by atoms with Crippen LogP contribution < -0.4 is 0 Å². The fraction of sp³-hybridized carbons (Fsp3) is 0.750. The number of halogens is 4. The largest absolute Gasteiger partial charge is 0.196 e. The summed E-state index contributed by atoms with van der Waals surface area (Å²) in [6, 6.07) is 1.70. The van der Waals surface area contributed by atoms with Crippen LogP contribution in [0.25, 0.3) is 0 Å². The summed E-state index contributed by atoms with van der Waals surface area (Å²) in [7, 11) is 0. The van der Waals surface area contributed by atoms with E-state index in [9.17, 15) is 0 Å². The first-order chi connectivity index (χ1) is 4.06. The highest BCUT2D eigenvalue weighted by Gasteiger charge is 2.33. The molecule has 0 fully saturated rings. The van der Waals surface area contributed by atoms with Crippen molar-refractivity contribution in [3.63, 3.8) is 0 Å². The zero-order chi connectivity index (χ0) is 7.49. The Morgan fingerprint density at radius 3 is 2.00 bits per heavy atom. The van der Waals surface area contributed by atoms with Crippen LogP contribution in [0.3, 0.4) is 0 Å². The van der Waals surface area contributed by atoms with Crippen LogP contribution in [0.2, 0.25) is 0 Å². The van der Waals surface area contributed by atoms with Crippen LogP contribution in [0, 0.1) is 11.3 Å². The summed E-state index contributed by atoms with van der Waals surface area (Å²) < 4.78 is 0. The highest BCUT2D eigenvalue weighted by molar-refractivity contribution is 6.51. The molecule has 0 bridgehead atoms. The van der Waals surface area contributed by atoms with Crippen LogP contribution in [-0.2, 0) is 0 Å². The molecule has 0 rings (SSSR count). The Labute approximate surface area is 73.4 Å². The number of hydrogen-bond acceptors (Lipinski definition) is 1. The maximum atomic E-state index is 8.32. The number of rotatable bonds is 2. The van der Waals surface area contributed by atoms with E-state index >= 15 is 0 Å². The average molecular weight is 207 g/mol. The van der Waals surface area contributed by atoms with Crippen molar-refractivity contribution in [1.29, 1.82) is 5.26 Å². The van der Waals surface area contributed by atoms with E-state index in [2.05, 4.69) is 0 Å². The molecule has 0 aliphatic carbocycles. The maximum absolute atomic E-state index is 8.32. The van der Waals surface area contributed by atoms with Gasteiger partial charge in [0.25, 0.3) is 0 Å². The molecule has 0 aromatic carbocycles. The van der Waals surface area contributed by atoms with Crippen molar-refractivity contribution in [2.45, 2.75) is 9.71 Å². The van der Waals surface area contributed by atoms with Crippen LogP contribution in [0.4, 0.5) is 0 Å². The van der Waals surface area contributed by atoms with Gasteiger partial charge in [0.1, 0.15) is 4.84 Å². The van der Waals surface area contributed by atoms with E-state index in [0.717, 1.165) is 0 Å². The van der Waals surface area contributed by atoms with Crippen molar-refractivity contribution in [3.05, 3.63) is 0 Å². The molecule has 0 spiro atoms. The minimum atomic E-state index is -1.34. The number of nitriles is 1. The van der Waals surface area contributed by atoms with Crippen LogP contribution in [-0.4, -0.2) is 15.6 Å². The average Bonchev–Trinajstić information content (AvgIpc) is 1.86. The SMILES string of the molecule is N#C[C@@](Cl)(CCl)C(Cl)Cl. The molecule has 1 nitrogen and oxygen atoms in total. The van der Waals surface area contributed by atoms with Crippen molar-refractivity contribution in [1.82, 2.24) is 0 Å². The van der Waals surface area contributed by atoms with Gasteiger partial charge in [-0.2, -0.15) is 5.26 Å². The predicted molar refractivity (Wildman–Crippen MR) is 40.4 cm³/mol. The lowest BCUT2D eigenvalue weighted by atomic mass is 10.2. The van der Waals surface area contributed by atoms with Crippen molar-refractivity contribution in [3.8, 4) is 6.07 Å². The Bertz CT molecular complexity index is 129. The van der Waals surface area contributed by atoms with Gasteiger partial charge in [-0.25, -0.2) is 0 Å². The van der Waals surface area contributed by atoms with Gasteiger partial charge in [-0.1, -0.05) is 11.6 Å². The molecule has 0 saturated carbocycles. The molecule has 52 valence electrons. The lowest BCUT2D eigenvalue weighted by molar-refractivity contribution is 0.871. The van der Waals surface area contributed by atoms with Crippen LogP contribution >= 0.6 is 46.4 Å². The van der Waals surface area contributed by atoms with E-state index in [4.69, 9.17) is 51.7 Å². The third-order valence-electron chi connectivity index (χ3n) is 0.726. The van der Waals surface area contributed by atoms with Crippen LogP contribution in [0.15, 0.2) is 0 Å². The summed E-state index contributed by atoms with van der Waals surface area (Å²) in [5.74, 6) is -0.0806. The van der Waals surface area contributed by atoms with Gasteiger partial charge in [0.05, 0.1) is 11.9 Å². The van der Waals surface area contributed by atoms with Gasteiger partial charge in [-0.3, -0.25) is 0 Å². The first kappa shape index (κ1) is 9.65. The van der Waals surface area contributed by atoms with E-state index < -0.39 is 9.71 Å². The molecule has 0 aromatic rings. The van der Waals surface area contributed by atoms with Gasteiger partial charge in [0.2, 0.25) is 0 Å². The smallest absolute Gasteiger partial charge is 0.174 e. The maximum Gasteiger partial charge on any atom is 0.174 e. The topological polar surface area (TPSA) is 23.8 Å². The zero-order valence-corrected chi connectivity index (χ0v) is 7.27. The van der Waals surface area contributed by atoms with E-state index in [1.54, 1.807) is 6.07 Å². The summed E-state index contributed by atoms with van der Waals surface area (Å²) in [5.41, 5.74) is 0. The van der Waals surface area contributed by atoms with Gasteiger partial charge in [-0.05, 0) is 0 Å². The quantitative estimate of drug-likeness (QED) is 0.638. The van der Waals surface area contributed by atoms with Gasteiger partial charge < -0.3 is 0 Å². The van der Waals surface area contributed by atoms with Crippen molar-refractivity contribution in [2.75, 3.05) is 5.88 Å². The Kier molecular flexibility index (Phi) is 4.00. The Morgan fingerprint density at radius 2 is 2.00 bits per heavy atom. The Balaban J connectivity index is 4.14. The molecule has 0 heterocycles. The molecule has 0 aliphatic rings. The first-order valence-corrected chi connectivity index (χ1v) is 3.79. The molecule has 0 aliphatic heterocycles. The van der Waals surface area contributed by atoms with Gasteiger partial charge in [0.15, 0.2) is 4.87 Å². The zero-order valence-electron chi connectivity index (χ0n) is 4.24. The third-order valence-corrected chi connectivity index (χ3v) is 2.69. The third kappa shape index (κ3) is 2.39. The number of hydrogen-bond donors (Lipinski definition) is 0. The minimum Gasteiger partial charge on any atom is -0.196 e. The van der Waals surface area contributed by atoms with Gasteiger partial charge >= 0.3 is 0 Å². The second-order valence-corrected chi connectivity index (χ2v) is 3.45. The molecular weight excluding hydrogens is 204 g/mol. The summed E-state index contributed by atoms with van der Waals surface area (Å²) in [4.78, 5) is -2.30. The normalized spacial score (nSPS) is 16.9.